The molecule has 0 spiro atoms. The van der Waals surface area contributed by atoms with Gasteiger partial charge >= 0.3 is 0 Å². The number of hydrogen-bond donors (Lipinski definition) is 1. The number of likely N-dealkylation sites (N-methyl/N-ethyl adjacent to an activating group) is 1. The Hall–Kier alpha value is -0.830. The number of aromatic nitrogens is 2. The minimum absolute atomic E-state index is 0.595. The fourth-order valence-electron chi connectivity index (χ4n) is 3.41. The Morgan fingerprint density at radius 3 is 2.53 bits per heavy atom. The molecule has 2 rings (SSSR count). The fraction of sp³-hybridized carbons (Fsp3) is 0.812. The Morgan fingerprint density at radius 2 is 2.00 bits per heavy atom. The molecular weight excluding hydrogens is 234 g/mol. The van der Waals surface area contributed by atoms with Crippen molar-refractivity contribution in [2.24, 2.45) is 13.0 Å². The summed E-state index contributed by atoms with van der Waals surface area (Å²) in [5.74, 6) is 0.925. The molecule has 1 fully saturated rings. The highest BCUT2D eigenvalue weighted by molar-refractivity contribution is 5.10. The van der Waals surface area contributed by atoms with Gasteiger partial charge < -0.3 is 5.32 Å². The first-order valence-electron chi connectivity index (χ1n) is 7.86. The molecule has 0 bridgehead atoms. The quantitative estimate of drug-likeness (QED) is 0.827. The van der Waals surface area contributed by atoms with Crippen molar-refractivity contribution in [3.8, 4) is 0 Å². The summed E-state index contributed by atoms with van der Waals surface area (Å²) in [7, 11) is 4.16. The first kappa shape index (κ1) is 14.6. The van der Waals surface area contributed by atoms with Gasteiger partial charge in [0.25, 0.3) is 0 Å². The molecule has 108 valence electrons. The molecule has 0 aromatic carbocycles. The zero-order valence-electron chi connectivity index (χ0n) is 12.8. The Kier molecular flexibility index (Phi) is 5.44. The van der Waals surface area contributed by atoms with Crippen molar-refractivity contribution in [3.63, 3.8) is 0 Å². The molecule has 1 N–H and O–H groups in total. The van der Waals surface area contributed by atoms with Gasteiger partial charge in [-0.2, -0.15) is 5.10 Å². The first-order chi connectivity index (χ1) is 9.19. The Labute approximate surface area is 117 Å². The van der Waals surface area contributed by atoms with Crippen LogP contribution in [0.25, 0.3) is 0 Å². The van der Waals surface area contributed by atoms with Crippen molar-refractivity contribution in [2.75, 3.05) is 7.05 Å². The molecule has 1 unspecified atom stereocenters. The summed E-state index contributed by atoms with van der Waals surface area (Å²) >= 11 is 0. The van der Waals surface area contributed by atoms with Gasteiger partial charge in [0.2, 0.25) is 0 Å². The van der Waals surface area contributed by atoms with Crippen LogP contribution in [0.1, 0.15) is 56.3 Å². The number of rotatable bonds is 5. The van der Waals surface area contributed by atoms with Crippen LogP contribution in [0.2, 0.25) is 0 Å². The first-order valence-corrected chi connectivity index (χ1v) is 7.86. The number of nitrogens with one attached hydrogen (secondary N) is 1. The van der Waals surface area contributed by atoms with Crippen LogP contribution in [-0.2, 0) is 13.5 Å². The lowest BCUT2D eigenvalue weighted by Crippen LogP contribution is -2.30. The van der Waals surface area contributed by atoms with Crippen LogP contribution >= 0.6 is 0 Å². The summed E-state index contributed by atoms with van der Waals surface area (Å²) in [4.78, 5) is 0. The van der Waals surface area contributed by atoms with Gasteiger partial charge in [0.1, 0.15) is 0 Å². The third kappa shape index (κ3) is 4.34. The molecular formula is C16H29N3. The molecule has 3 nitrogen and oxygen atoms in total. The van der Waals surface area contributed by atoms with E-state index >= 15 is 0 Å². The van der Waals surface area contributed by atoms with E-state index in [0.29, 0.717) is 6.04 Å². The van der Waals surface area contributed by atoms with Gasteiger partial charge in [0, 0.05) is 25.2 Å². The molecule has 0 amide bonds. The van der Waals surface area contributed by atoms with E-state index in [-0.39, 0.29) is 0 Å². The van der Waals surface area contributed by atoms with E-state index < -0.39 is 0 Å². The van der Waals surface area contributed by atoms with Crippen LogP contribution in [0.15, 0.2) is 6.07 Å². The van der Waals surface area contributed by atoms with Gasteiger partial charge in [-0.3, -0.25) is 4.68 Å². The maximum absolute atomic E-state index is 4.45. The zero-order chi connectivity index (χ0) is 13.7. The Bertz CT molecular complexity index is 375. The van der Waals surface area contributed by atoms with Crippen molar-refractivity contribution in [1.82, 2.24) is 15.1 Å². The normalized spacial score (nSPS) is 19.3. The lowest BCUT2D eigenvalue weighted by molar-refractivity contribution is 0.358. The summed E-state index contributed by atoms with van der Waals surface area (Å²) in [6.07, 6.45) is 11.1. The SMILES string of the molecule is CNC(Cc1cc(C)nn1C)CC1CCCCCC1. The number of nitrogens with zero attached hydrogens (tertiary/aromatic N) is 2. The predicted molar refractivity (Wildman–Crippen MR) is 80.3 cm³/mol. The van der Waals surface area contributed by atoms with E-state index in [1.54, 1.807) is 0 Å². The average molecular weight is 263 g/mol. The van der Waals surface area contributed by atoms with Crippen LogP contribution in [0, 0.1) is 12.8 Å². The molecule has 1 saturated carbocycles. The summed E-state index contributed by atoms with van der Waals surface area (Å²) in [5, 5.41) is 7.96. The minimum atomic E-state index is 0.595. The predicted octanol–water partition coefficient (Wildman–Crippen LogP) is 3.22. The minimum Gasteiger partial charge on any atom is -0.317 e. The van der Waals surface area contributed by atoms with Gasteiger partial charge in [0.15, 0.2) is 0 Å². The van der Waals surface area contributed by atoms with E-state index in [1.807, 2.05) is 4.68 Å². The number of aryl methyl sites for hydroxylation is 2. The summed E-state index contributed by atoms with van der Waals surface area (Å²) in [6, 6.07) is 2.81. The Morgan fingerprint density at radius 1 is 1.32 bits per heavy atom. The maximum Gasteiger partial charge on any atom is 0.0596 e. The number of hydrogen-bond acceptors (Lipinski definition) is 2. The monoisotopic (exact) mass is 263 g/mol. The smallest absolute Gasteiger partial charge is 0.0596 e. The topological polar surface area (TPSA) is 29.9 Å². The molecule has 1 heterocycles. The van der Waals surface area contributed by atoms with Gasteiger partial charge in [0.05, 0.1) is 5.69 Å². The highest BCUT2D eigenvalue weighted by Gasteiger charge is 2.18. The average Bonchev–Trinajstić information content (AvgIpc) is 2.59. The second-order valence-electron chi connectivity index (χ2n) is 6.18. The van der Waals surface area contributed by atoms with E-state index in [1.165, 1.54) is 50.6 Å². The van der Waals surface area contributed by atoms with Crippen molar-refractivity contribution in [3.05, 3.63) is 17.5 Å². The lowest BCUT2D eigenvalue weighted by atomic mass is 9.91. The summed E-state index contributed by atoms with van der Waals surface area (Å²) in [5.41, 5.74) is 2.48. The molecule has 1 aromatic rings. The van der Waals surface area contributed by atoms with Gasteiger partial charge in [-0.1, -0.05) is 38.5 Å². The molecule has 1 aliphatic rings. The summed E-state index contributed by atoms with van der Waals surface area (Å²) in [6.45, 7) is 2.07. The van der Waals surface area contributed by atoms with E-state index in [0.717, 1.165) is 18.0 Å². The second-order valence-corrected chi connectivity index (χ2v) is 6.18. The van der Waals surface area contributed by atoms with Gasteiger partial charge in [-0.25, -0.2) is 0 Å². The summed E-state index contributed by atoms with van der Waals surface area (Å²) < 4.78 is 2.03. The van der Waals surface area contributed by atoms with Crippen molar-refractivity contribution in [1.29, 1.82) is 0 Å². The van der Waals surface area contributed by atoms with E-state index in [4.69, 9.17) is 0 Å². The van der Waals surface area contributed by atoms with Gasteiger partial charge in [-0.15, -0.1) is 0 Å². The molecule has 3 heteroatoms. The standard InChI is InChI=1S/C16H29N3/c1-13-10-16(19(3)18-13)12-15(17-2)11-14-8-6-4-5-7-9-14/h10,14-15,17H,4-9,11-12H2,1-3H3. The highest BCUT2D eigenvalue weighted by Crippen LogP contribution is 2.27. The molecule has 1 aromatic heterocycles. The van der Waals surface area contributed by atoms with E-state index in [2.05, 4.69) is 37.5 Å². The molecule has 0 saturated heterocycles. The lowest BCUT2D eigenvalue weighted by Gasteiger charge is -2.22. The second kappa shape index (κ2) is 7.09. The third-order valence-corrected chi connectivity index (χ3v) is 4.56. The van der Waals surface area contributed by atoms with Crippen LogP contribution in [0.5, 0.6) is 0 Å². The molecule has 0 aliphatic heterocycles. The third-order valence-electron chi connectivity index (χ3n) is 4.56. The molecule has 1 aliphatic carbocycles. The maximum atomic E-state index is 4.45. The van der Waals surface area contributed by atoms with Crippen molar-refractivity contribution >= 4 is 0 Å². The van der Waals surface area contributed by atoms with Crippen molar-refractivity contribution in [2.45, 2.75) is 64.3 Å². The molecule has 19 heavy (non-hydrogen) atoms. The zero-order valence-corrected chi connectivity index (χ0v) is 12.8. The van der Waals surface area contributed by atoms with Crippen LogP contribution < -0.4 is 5.32 Å². The molecule has 0 radical (unpaired) electrons. The highest BCUT2D eigenvalue weighted by atomic mass is 15.3. The molecule has 1 atom stereocenters. The van der Waals surface area contributed by atoms with E-state index in [9.17, 15) is 0 Å². The van der Waals surface area contributed by atoms with Crippen LogP contribution in [0.4, 0.5) is 0 Å². The largest absolute Gasteiger partial charge is 0.317 e. The fourth-order valence-corrected chi connectivity index (χ4v) is 3.41. The van der Waals surface area contributed by atoms with Crippen molar-refractivity contribution < 1.29 is 0 Å². The van der Waals surface area contributed by atoms with Crippen LogP contribution in [0.3, 0.4) is 0 Å². The Balaban J connectivity index is 1.90. The van der Waals surface area contributed by atoms with Crippen LogP contribution in [-0.4, -0.2) is 22.9 Å². The van der Waals surface area contributed by atoms with Gasteiger partial charge in [-0.05, 0) is 32.4 Å².